The van der Waals surface area contributed by atoms with Gasteiger partial charge in [-0.15, -0.1) is 0 Å². The summed E-state index contributed by atoms with van der Waals surface area (Å²) in [6.07, 6.45) is 6.44. The molecule has 0 spiro atoms. The van der Waals surface area contributed by atoms with Crippen LogP contribution in [0.4, 0.5) is 5.69 Å². The molecule has 136 valence electrons. The molecule has 1 aromatic rings. The maximum Gasteiger partial charge on any atom is 0.261 e. The molecule has 0 saturated heterocycles. The number of alkyl halides is 1. The number of hydrogen-bond acceptors (Lipinski definition) is 3. The van der Waals surface area contributed by atoms with E-state index in [0.29, 0.717) is 28.7 Å². The summed E-state index contributed by atoms with van der Waals surface area (Å²) >= 11 is 3.94. The third-order valence-electron chi connectivity index (χ3n) is 6.82. The van der Waals surface area contributed by atoms with Crippen molar-refractivity contribution in [2.75, 3.05) is 12.4 Å². The van der Waals surface area contributed by atoms with Crippen LogP contribution in [0.25, 0.3) is 0 Å². The van der Waals surface area contributed by atoms with Gasteiger partial charge in [0.15, 0.2) is 0 Å². The van der Waals surface area contributed by atoms with E-state index in [1.165, 1.54) is 26.3 Å². The van der Waals surface area contributed by atoms with E-state index in [4.69, 9.17) is 0 Å². The summed E-state index contributed by atoms with van der Waals surface area (Å²) in [7, 11) is 1.48. The van der Waals surface area contributed by atoms with Crippen LogP contribution in [-0.4, -0.2) is 34.0 Å². The summed E-state index contributed by atoms with van der Waals surface area (Å²) < 4.78 is 0.122. The number of halogens is 1. The second-order valence-corrected chi connectivity index (χ2v) is 10.5. The first-order valence-electron chi connectivity index (χ1n) is 9.25. The number of amides is 3. The van der Waals surface area contributed by atoms with E-state index >= 15 is 0 Å². The highest BCUT2D eigenvalue weighted by molar-refractivity contribution is 9.10. The van der Waals surface area contributed by atoms with E-state index in [9.17, 15) is 14.4 Å². The Balaban J connectivity index is 1.42. The lowest BCUT2D eigenvalue weighted by atomic mass is 9.49. The molecule has 1 N–H and O–H groups in total. The Morgan fingerprint density at radius 1 is 1.12 bits per heavy atom. The van der Waals surface area contributed by atoms with Gasteiger partial charge in [0.05, 0.1) is 16.5 Å². The van der Waals surface area contributed by atoms with E-state index in [-0.39, 0.29) is 27.5 Å². The molecule has 5 nitrogen and oxygen atoms in total. The van der Waals surface area contributed by atoms with Crippen LogP contribution in [0.5, 0.6) is 0 Å². The molecule has 0 aromatic heterocycles. The third kappa shape index (κ3) is 2.24. The highest BCUT2D eigenvalue weighted by Gasteiger charge is 2.59. The molecule has 4 bridgehead atoms. The summed E-state index contributed by atoms with van der Waals surface area (Å²) in [5.74, 6) is 0.740. The van der Waals surface area contributed by atoms with Gasteiger partial charge >= 0.3 is 0 Å². The molecule has 2 atom stereocenters. The van der Waals surface area contributed by atoms with Crippen molar-refractivity contribution in [1.82, 2.24) is 4.90 Å². The second-order valence-electron chi connectivity index (χ2n) is 8.78. The van der Waals surface area contributed by atoms with Crippen molar-refractivity contribution in [1.29, 1.82) is 0 Å². The average Bonchev–Trinajstić information content (AvgIpc) is 2.77. The van der Waals surface area contributed by atoms with Crippen LogP contribution in [0.2, 0.25) is 0 Å². The maximum absolute atomic E-state index is 13.2. The van der Waals surface area contributed by atoms with Crippen molar-refractivity contribution in [3.05, 3.63) is 29.3 Å². The minimum absolute atomic E-state index is 0.0699. The number of carbonyl (C=O) groups is 3. The zero-order chi connectivity index (χ0) is 18.3. The lowest BCUT2D eigenvalue weighted by Crippen LogP contribution is -2.57. The predicted molar refractivity (Wildman–Crippen MR) is 100 cm³/mol. The van der Waals surface area contributed by atoms with Crippen molar-refractivity contribution in [3.8, 4) is 0 Å². The number of nitrogens with zero attached hydrogens (tertiary/aromatic N) is 1. The Hall–Kier alpha value is -1.69. The molecule has 2 unspecified atom stereocenters. The average molecular weight is 417 g/mol. The summed E-state index contributed by atoms with van der Waals surface area (Å²) in [4.78, 5) is 38.6. The molecule has 26 heavy (non-hydrogen) atoms. The Labute approximate surface area is 160 Å². The van der Waals surface area contributed by atoms with Gasteiger partial charge in [0.25, 0.3) is 11.8 Å². The number of benzene rings is 1. The standard InChI is InChI=1S/C20H21BrN2O3/c1-23-16(24)14-3-2-13(5-15(14)17(23)25)22-18(26)19-6-11-4-12(7-19)9-20(21,8-11)10-19/h2-3,5,11-12H,4,6-10H2,1H3,(H,22,26). The summed E-state index contributed by atoms with van der Waals surface area (Å²) in [6, 6.07) is 5.01. The molecule has 1 aromatic carbocycles. The minimum atomic E-state index is -0.310. The fourth-order valence-corrected chi connectivity index (χ4v) is 7.57. The fraction of sp³-hybridized carbons (Fsp3) is 0.550. The summed E-state index contributed by atoms with van der Waals surface area (Å²) in [5, 5.41) is 3.05. The molecule has 4 saturated carbocycles. The number of imide groups is 1. The lowest BCUT2D eigenvalue weighted by Gasteiger charge is -2.59. The van der Waals surface area contributed by atoms with Crippen LogP contribution in [-0.2, 0) is 4.79 Å². The number of fused-ring (bicyclic) bond motifs is 1. The largest absolute Gasteiger partial charge is 0.326 e. The fourth-order valence-electron chi connectivity index (χ4n) is 6.12. The Kier molecular flexibility index (Phi) is 3.29. The van der Waals surface area contributed by atoms with Gasteiger partial charge in [-0.25, -0.2) is 0 Å². The van der Waals surface area contributed by atoms with Crippen molar-refractivity contribution < 1.29 is 14.4 Å². The molecule has 4 aliphatic carbocycles. The molecule has 1 aliphatic heterocycles. The van der Waals surface area contributed by atoms with Gasteiger partial charge in [0.1, 0.15) is 0 Å². The Bertz CT molecular complexity index is 851. The number of hydrogen-bond donors (Lipinski definition) is 1. The van der Waals surface area contributed by atoms with Crippen molar-refractivity contribution >= 4 is 39.3 Å². The smallest absolute Gasteiger partial charge is 0.261 e. The van der Waals surface area contributed by atoms with E-state index in [1.807, 2.05) is 0 Å². The van der Waals surface area contributed by atoms with Gasteiger partial charge in [-0.3, -0.25) is 19.3 Å². The first-order valence-corrected chi connectivity index (χ1v) is 10.0. The van der Waals surface area contributed by atoms with Crippen LogP contribution < -0.4 is 5.32 Å². The molecule has 1 heterocycles. The highest BCUT2D eigenvalue weighted by atomic mass is 79.9. The van der Waals surface area contributed by atoms with Crippen LogP contribution in [0.3, 0.4) is 0 Å². The SMILES string of the molecule is CN1C(=O)c2ccc(NC(=O)C34CC5CC(CC(Br)(C5)C3)C4)cc2C1=O. The molecule has 4 fully saturated rings. The zero-order valence-electron chi connectivity index (χ0n) is 14.7. The molecule has 6 heteroatoms. The first-order chi connectivity index (χ1) is 12.3. The quantitative estimate of drug-likeness (QED) is 0.591. The van der Waals surface area contributed by atoms with Crippen molar-refractivity contribution in [2.24, 2.45) is 17.3 Å². The molecular weight excluding hydrogens is 396 g/mol. The van der Waals surface area contributed by atoms with Crippen molar-refractivity contribution in [3.63, 3.8) is 0 Å². The van der Waals surface area contributed by atoms with Gasteiger partial charge in [0.2, 0.25) is 5.91 Å². The van der Waals surface area contributed by atoms with Crippen LogP contribution in [0.1, 0.15) is 59.2 Å². The number of carbonyl (C=O) groups excluding carboxylic acids is 3. The van der Waals surface area contributed by atoms with Crippen LogP contribution in [0, 0.1) is 17.3 Å². The van der Waals surface area contributed by atoms with E-state index in [0.717, 1.165) is 24.2 Å². The van der Waals surface area contributed by atoms with E-state index < -0.39 is 0 Å². The lowest BCUT2D eigenvalue weighted by molar-refractivity contribution is -0.138. The number of anilines is 1. The van der Waals surface area contributed by atoms with Crippen LogP contribution in [0.15, 0.2) is 18.2 Å². The van der Waals surface area contributed by atoms with E-state index in [1.54, 1.807) is 18.2 Å². The molecule has 0 radical (unpaired) electrons. The summed E-state index contributed by atoms with van der Waals surface area (Å²) in [5.41, 5.74) is 1.08. The van der Waals surface area contributed by atoms with Gasteiger partial charge in [-0.2, -0.15) is 0 Å². The zero-order valence-corrected chi connectivity index (χ0v) is 16.3. The van der Waals surface area contributed by atoms with Gasteiger partial charge in [0, 0.05) is 17.1 Å². The van der Waals surface area contributed by atoms with Crippen molar-refractivity contribution in [2.45, 2.75) is 42.8 Å². The predicted octanol–water partition coefficient (Wildman–Crippen LogP) is 3.58. The van der Waals surface area contributed by atoms with Gasteiger partial charge < -0.3 is 5.32 Å². The first kappa shape index (κ1) is 16.5. The third-order valence-corrected chi connectivity index (χ3v) is 7.75. The second kappa shape index (κ2) is 5.18. The topological polar surface area (TPSA) is 66.5 Å². The highest BCUT2D eigenvalue weighted by Crippen LogP contribution is 2.64. The molecule has 6 rings (SSSR count). The minimum Gasteiger partial charge on any atom is -0.326 e. The maximum atomic E-state index is 13.2. The molecule has 5 aliphatic rings. The van der Waals surface area contributed by atoms with Gasteiger partial charge in [-0.05, 0) is 68.6 Å². The Morgan fingerprint density at radius 3 is 2.42 bits per heavy atom. The van der Waals surface area contributed by atoms with Crippen LogP contribution >= 0.6 is 15.9 Å². The number of rotatable bonds is 2. The van der Waals surface area contributed by atoms with E-state index in [2.05, 4.69) is 21.2 Å². The Morgan fingerprint density at radius 2 is 1.77 bits per heavy atom. The summed E-state index contributed by atoms with van der Waals surface area (Å²) in [6.45, 7) is 0. The van der Waals surface area contributed by atoms with Gasteiger partial charge in [-0.1, -0.05) is 15.9 Å². The normalized spacial score (nSPS) is 37.2. The molecular formula is C20H21BrN2O3. The number of nitrogens with one attached hydrogen (secondary N) is 1. The monoisotopic (exact) mass is 416 g/mol. The molecule has 3 amide bonds.